The third-order valence-electron chi connectivity index (χ3n) is 2.88. The van der Waals surface area contributed by atoms with Crippen molar-refractivity contribution in [2.75, 3.05) is 27.3 Å². The highest BCUT2D eigenvalue weighted by atomic mass is 16.5. The standard InChI is InChI=1S/C12H17NO2/c1-8-4-10(14-2)12(9-6-13-7-9)11(5-8)15-3/h4-5,9,13H,6-7H2,1-3H3. The highest BCUT2D eigenvalue weighted by Crippen LogP contribution is 2.38. The van der Waals surface area contributed by atoms with E-state index in [2.05, 4.69) is 17.4 Å². The van der Waals surface area contributed by atoms with Crippen LogP contribution in [0.15, 0.2) is 12.1 Å². The van der Waals surface area contributed by atoms with E-state index < -0.39 is 0 Å². The quantitative estimate of drug-likeness (QED) is 0.818. The van der Waals surface area contributed by atoms with Crippen molar-refractivity contribution < 1.29 is 9.47 Å². The van der Waals surface area contributed by atoms with Gasteiger partial charge in [0.05, 0.1) is 14.2 Å². The first-order valence-corrected chi connectivity index (χ1v) is 5.19. The Labute approximate surface area is 90.4 Å². The first kappa shape index (κ1) is 10.3. The molecule has 1 aliphatic rings. The Bertz CT molecular complexity index is 334. The Morgan fingerprint density at radius 1 is 1.13 bits per heavy atom. The second kappa shape index (κ2) is 4.11. The first-order chi connectivity index (χ1) is 7.26. The molecule has 0 aromatic heterocycles. The molecule has 0 atom stereocenters. The Morgan fingerprint density at radius 2 is 1.67 bits per heavy atom. The maximum Gasteiger partial charge on any atom is 0.126 e. The molecular formula is C12H17NO2. The van der Waals surface area contributed by atoms with Crippen LogP contribution in [-0.4, -0.2) is 27.3 Å². The molecule has 0 radical (unpaired) electrons. The molecule has 82 valence electrons. The van der Waals surface area contributed by atoms with Crippen molar-refractivity contribution in [3.05, 3.63) is 23.3 Å². The fourth-order valence-corrected chi connectivity index (χ4v) is 1.97. The molecule has 3 nitrogen and oxygen atoms in total. The van der Waals surface area contributed by atoms with E-state index in [0.717, 1.165) is 24.6 Å². The molecule has 1 aromatic rings. The summed E-state index contributed by atoms with van der Waals surface area (Å²) in [7, 11) is 3.42. The molecule has 0 amide bonds. The number of hydrogen-bond acceptors (Lipinski definition) is 3. The molecule has 15 heavy (non-hydrogen) atoms. The summed E-state index contributed by atoms with van der Waals surface area (Å²) in [6, 6.07) is 4.13. The van der Waals surface area contributed by atoms with Gasteiger partial charge < -0.3 is 14.8 Å². The molecular weight excluding hydrogens is 190 g/mol. The predicted molar refractivity (Wildman–Crippen MR) is 59.9 cm³/mol. The van der Waals surface area contributed by atoms with Gasteiger partial charge in [0.1, 0.15) is 11.5 Å². The minimum Gasteiger partial charge on any atom is -0.496 e. The van der Waals surface area contributed by atoms with Crippen molar-refractivity contribution >= 4 is 0 Å². The van der Waals surface area contributed by atoms with Crippen LogP contribution in [0, 0.1) is 6.92 Å². The van der Waals surface area contributed by atoms with Crippen molar-refractivity contribution in [2.24, 2.45) is 0 Å². The molecule has 1 aliphatic heterocycles. The lowest BCUT2D eigenvalue weighted by atomic mass is 9.91. The maximum absolute atomic E-state index is 5.42. The van der Waals surface area contributed by atoms with Gasteiger partial charge in [0, 0.05) is 24.6 Å². The topological polar surface area (TPSA) is 30.5 Å². The van der Waals surface area contributed by atoms with Gasteiger partial charge in [-0.25, -0.2) is 0 Å². The van der Waals surface area contributed by atoms with Crippen molar-refractivity contribution in [2.45, 2.75) is 12.8 Å². The van der Waals surface area contributed by atoms with Gasteiger partial charge in [0.15, 0.2) is 0 Å². The van der Waals surface area contributed by atoms with Gasteiger partial charge in [-0.2, -0.15) is 0 Å². The Hall–Kier alpha value is -1.22. The smallest absolute Gasteiger partial charge is 0.126 e. The van der Waals surface area contributed by atoms with E-state index in [1.807, 2.05) is 6.92 Å². The fourth-order valence-electron chi connectivity index (χ4n) is 1.97. The summed E-state index contributed by atoms with van der Waals surface area (Å²) in [6.45, 7) is 4.07. The zero-order valence-corrected chi connectivity index (χ0v) is 9.46. The summed E-state index contributed by atoms with van der Waals surface area (Å²) < 4.78 is 10.8. The third-order valence-corrected chi connectivity index (χ3v) is 2.88. The summed E-state index contributed by atoms with van der Waals surface area (Å²) in [5.41, 5.74) is 2.36. The molecule has 3 heteroatoms. The molecule has 1 heterocycles. The van der Waals surface area contributed by atoms with E-state index in [1.54, 1.807) is 14.2 Å². The monoisotopic (exact) mass is 207 g/mol. The number of benzene rings is 1. The van der Waals surface area contributed by atoms with Crippen LogP contribution in [0.4, 0.5) is 0 Å². The molecule has 1 N–H and O–H groups in total. The van der Waals surface area contributed by atoms with Crippen molar-refractivity contribution in [3.8, 4) is 11.5 Å². The molecule has 0 spiro atoms. The summed E-state index contributed by atoms with van der Waals surface area (Å²) in [4.78, 5) is 0. The van der Waals surface area contributed by atoms with Gasteiger partial charge in [0.2, 0.25) is 0 Å². The number of nitrogens with one attached hydrogen (secondary N) is 1. The van der Waals surface area contributed by atoms with E-state index in [-0.39, 0.29) is 0 Å². The average Bonchev–Trinajstić information content (AvgIpc) is 2.17. The van der Waals surface area contributed by atoms with Crippen molar-refractivity contribution in [3.63, 3.8) is 0 Å². The molecule has 2 rings (SSSR count). The molecule has 0 unspecified atom stereocenters. The zero-order valence-electron chi connectivity index (χ0n) is 9.46. The van der Waals surface area contributed by atoms with Gasteiger partial charge in [-0.1, -0.05) is 0 Å². The van der Waals surface area contributed by atoms with Gasteiger partial charge in [-0.05, 0) is 24.6 Å². The normalized spacial score (nSPS) is 15.9. The molecule has 0 aliphatic carbocycles. The summed E-state index contributed by atoms with van der Waals surface area (Å²) in [5, 5.41) is 3.27. The first-order valence-electron chi connectivity index (χ1n) is 5.19. The zero-order chi connectivity index (χ0) is 10.8. The number of hydrogen-bond donors (Lipinski definition) is 1. The van der Waals surface area contributed by atoms with E-state index in [1.165, 1.54) is 11.1 Å². The van der Waals surface area contributed by atoms with Crippen LogP contribution in [0.1, 0.15) is 17.0 Å². The average molecular weight is 207 g/mol. The summed E-state index contributed by atoms with van der Waals surface area (Å²) in [6.07, 6.45) is 0. The lowest BCUT2D eigenvalue weighted by Gasteiger charge is -2.30. The number of methoxy groups -OCH3 is 2. The third kappa shape index (κ3) is 1.79. The SMILES string of the molecule is COc1cc(C)cc(OC)c1C1CNC1. The number of ether oxygens (including phenoxy) is 2. The van der Waals surface area contributed by atoms with Crippen LogP contribution in [-0.2, 0) is 0 Å². The Balaban J connectivity index is 2.46. The highest BCUT2D eigenvalue weighted by molar-refractivity contribution is 5.51. The lowest BCUT2D eigenvalue weighted by molar-refractivity contribution is 0.356. The molecule has 0 saturated carbocycles. The summed E-state index contributed by atoms with van der Waals surface area (Å²) >= 11 is 0. The minimum absolute atomic E-state index is 0.524. The van der Waals surface area contributed by atoms with Gasteiger partial charge in [0.25, 0.3) is 0 Å². The molecule has 1 fully saturated rings. The van der Waals surface area contributed by atoms with Crippen LogP contribution in [0.3, 0.4) is 0 Å². The van der Waals surface area contributed by atoms with E-state index in [9.17, 15) is 0 Å². The number of aryl methyl sites for hydroxylation is 1. The second-order valence-corrected chi connectivity index (χ2v) is 3.94. The Kier molecular flexibility index (Phi) is 2.82. The van der Waals surface area contributed by atoms with Crippen LogP contribution in [0.25, 0.3) is 0 Å². The van der Waals surface area contributed by atoms with Gasteiger partial charge >= 0.3 is 0 Å². The van der Waals surface area contributed by atoms with Crippen molar-refractivity contribution in [1.29, 1.82) is 0 Å². The van der Waals surface area contributed by atoms with Crippen LogP contribution in [0.2, 0.25) is 0 Å². The van der Waals surface area contributed by atoms with Crippen LogP contribution < -0.4 is 14.8 Å². The van der Waals surface area contributed by atoms with Crippen LogP contribution >= 0.6 is 0 Å². The molecule has 1 aromatic carbocycles. The summed E-state index contributed by atoms with van der Waals surface area (Å²) in [5.74, 6) is 2.41. The maximum atomic E-state index is 5.42. The lowest BCUT2D eigenvalue weighted by Crippen LogP contribution is -2.40. The van der Waals surface area contributed by atoms with E-state index in [0.29, 0.717) is 5.92 Å². The minimum atomic E-state index is 0.524. The highest BCUT2D eigenvalue weighted by Gasteiger charge is 2.26. The Morgan fingerprint density at radius 3 is 2.00 bits per heavy atom. The number of rotatable bonds is 3. The van der Waals surface area contributed by atoms with Crippen LogP contribution in [0.5, 0.6) is 11.5 Å². The van der Waals surface area contributed by atoms with Crippen molar-refractivity contribution in [1.82, 2.24) is 5.32 Å². The van der Waals surface area contributed by atoms with E-state index >= 15 is 0 Å². The largest absolute Gasteiger partial charge is 0.496 e. The van der Waals surface area contributed by atoms with E-state index in [4.69, 9.17) is 9.47 Å². The second-order valence-electron chi connectivity index (χ2n) is 3.94. The van der Waals surface area contributed by atoms with Gasteiger partial charge in [-0.15, -0.1) is 0 Å². The molecule has 0 bridgehead atoms. The molecule has 1 saturated heterocycles. The predicted octanol–water partition coefficient (Wildman–Crippen LogP) is 1.70. The van der Waals surface area contributed by atoms with Gasteiger partial charge in [-0.3, -0.25) is 0 Å². The fraction of sp³-hybridized carbons (Fsp3) is 0.500.